The Morgan fingerprint density at radius 3 is 2.15 bits per heavy atom. The Balaban J connectivity index is 1.94. The Hall–Kier alpha value is -2.46. The van der Waals surface area contributed by atoms with Gasteiger partial charge in [0.25, 0.3) is 0 Å². The molecule has 2 N–H and O–H groups in total. The van der Waals surface area contributed by atoms with E-state index in [1.807, 2.05) is 11.9 Å². The summed E-state index contributed by atoms with van der Waals surface area (Å²) >= 11 is 0. The minimum Gasteiger partial charge on any atom is -0.395 e. The number of aliphatic hydroxyl groups excluding tert-OH is 2. The van der Waals surface area contributed by atoms with Crippen molar-refractivity contribution in [3.63, 3.8) is 0 Å². The molecule has 0 bridgehead atoms. The second-order valence-electron chi connectivity index (χ2n) is 7.37. The topological polar surface area (TPSA) is 43.7 Å². The Kier molecular flexibility index (Phi) is 4.83. The molecule has 0 aliphatic carbocycles. The molecule has 0 aliphatic rings. The second kappa shape index (κ2) is 7.28. The third-order valence-electron chi connectivity index (χ3n) is 5.58. The van der Waals surface area contributed by atoms with Crippen LogP contribution in [0.2, 0.25) is 0 Å². The summed E-state index contributed by atoms with van der Waals surface area (Å²) in [6.07, 6.45) is -0.590. The molecule has 0 radical (unpaired) electrons. The van der Waals surface area contributed by atoms with E-state index in [-0.39, 0.29) is 12.6 Å². The Labute approximate surface area is 159 Å². The van der Waals surface area contributed by atoms with Crippen LogP contribution in [-0.2, 0) is 6.54 Å². The average Bonchev–Trinajstić information content (AvgIpc) is 2.68. The molecule has 2 atom stereocenters. The van der Waals surface area contributed by atoms with Gasteiger partial charge in [0, 0.05) is 6.54 Å². The monoisotopic (exact) mass is 359 g/mol. The minimum absolute atomic E-state index is 0.0669. The van der Waals surface area contributed by atoms with Gasteiger partial charge in [-0.1, -0.05) is 60.7 Å². The molecule has 0 spiro atoms. The summed E-state index contributed by atoms with van der Waals surface area (Å²) in [4.78, 5) is 2.03. The Morgan fingerprint density at radius 1 is 0.815 bits per heavy atom. The second-order valence-corrected chi connectivity index (χ2v) is 7.37. The smallest absolute Gasteiger partial charge is 0.0689 e. The summed E-state index contributed by atoms with van der Waals surface area (Å²) in [7, 11) is 1.95. The van der Waals surface area contributed by atoms with Gasteiger partial charge in [0.2, 0.25) is 0 Å². The molecule has 0 aromatic heterocycles. The largest absolute Gasteiger partial charge is 0.395 e. The van der Waals surface area contributed by atoms with Crippen LogP contribution in [0.5, 0.6) is 0 Å². The van der Waals surface area contributed by atoms with E-state index in [0.29, 0.717) is 6.54 Å². The molecule has 27 heavy (non-hydrogen) atoms. The van der Waals surface area contributed by atoms with Gasteiger partial charge in [-0.3, -0.25) is 4.90 Å². The highest BCUT2D eigenvalue weighted by molar-refractivity contribution is 6.18. The summed E-state index contributed by atoms with van der Waals surface area (Å²) in [5, 5.41) is 27.1. The van der Waals surface area contributed by atoms with E-state index in [4.69, 9.17) is 0 Å². The van der Waals surface area contributed by atoms with Gasteiger partial charge in [-0.2, -0.15) is 0 Å². The third-order valence-corrected chi connectivity index (χ3v) is 5.58. The molecule has 3 nitrogen and oxygen atoms in total. The van der Waals surface area contributed by atoms with Crippen molar-refractivity contribution in [2.75, 3.05) is 13.7 Å². The number of hydrogen-bond donors (Lipinski definition) is 2. The first-order chi connectivity index (χ1) is 13.1. The van der Waals surface area contributed by atoms with Gasteiger partial charge in [-0.25, -0.2) is 0 Å². The molecule has 0 saturated heterocycles. The number of nitrogens with zero attached hydrogens (tertiary/aromatic N) is 1. The highest BCUT2D eigenvalue weighted by atomic mass is 16.3. The van der Waals surface area contributed by atoms with Crippen molar-refractivity contribution < 1.29 is 10.2 Å². The van der Waals surface area contributed by atoms with Gasteiger partial charge in [-0.05, 0) is 57.9 Å². The zero-order valence-corrected chi connectivity index (χ0v) is 15.8. The van der Waals surface area contributed by atoms with Crippen LogP contribution in [0.1, 0.15) is 12.5 Å². The zero-order chi connectivity index (χ0) is 19.0. The van der Waals surface area contributed by atoms with Crippen molar-refractivity contribution >= 4 is 32.3 Å². The average molecular weight is 359 g/mol. The molecule has 2 unspecified atom stereocenters. The van der Waals surface area contributed by atoms with Crippen LogP contribution in [0, 0.1) is 0 Å². The van der Waals surface area contributed by atoms with E-state index in [0.717, 1.165) is 0 Å². The number of likely N-dealkylation sites (N-methyl/N-ethyl adjacent to an activating group) is 1. The van der Waals surface area contributed by atoms with Gasteiger partial charge in [0.1, 0.15) is 0 Å². The van der Waals surface area contributed by atoms with Crippen LogP contribution in [-0.4, -0.2) is 40.9 Å². The van der Waals surface area contributed by atoms with Crippen molar-refractivity contribution in [2.24, 2.45) is 0 Å². The normalized spacial score (nSPS) is 14.3. The summed E-state index contributed by atoms with van der Waals surface area (Å²) in [5.74, 6) is 0. The molecule has 0 heterocycles. The number of fused-ring (bicyclic) bond motifs is 5. The summed E-state index contributed by atoms with van der Waals surface area (Å²) in [5.41, 5.74) is 1.20. The van der Waals surface area contributed by atoms with E-state index in [9.17, 15) is 10.2 Å². The van der Waals surface area contributed by atoms with E-state index < -0.39 is 6.10 Å². The third kappa shape index (κ3) is 3.19. The van der Waals surface area contributed by atoms with Crippen LogP contribution < -0.4 is 0 Å². The molecule has 0 fully saturated rings. The van der Waals surface area contributed by atoms with Crippen LogP contribution in [0.25, 0.3) is 32.3 Å². The molecule has 0 amide bonds. The summed E-state index contributed by atoms with van der Waals surface area (Å²) in [6.45, 7) is 2.32. The number of aliphatic hydroxyl groups is 2. The Morgan fingerprint density at radius 2 is 1.44 bits per heavy atom. The molecular weight excluding hydrogens is 334 g/mol. The first-order valence-electron chi connectivity index (χ1n) is 9.41. The van der Waals surface area contributed by atoms with Gasteiger partial charge in [0.05, 0.1) is 18.8 Å². The summed E-state index contributed by atoms with van der Waals surface area (Å²) in [6, 6.07) is 23.3. The lowest BCUT2D eigenvalue weighted by Gasteiger charge is -2.29. The molecule has 4 aromatic carbocycles. The number of hydrogen-bond acceptors (Lipinski definition) is 3. The quantitative estimate of drug-likeness (QED) is 0.522. The maximum atomic E-state index is 9.99. The fourth-order valence-corrected chi connectivity index (χ4v) is 4.11. The zero-order valence-electron chi connectivity index (χ0n) is 15.8. The maximum Gasteiger partial charge on any atom is 0.0689 e. The van der Waals surface area contributed by atoms with Gasteiger partial charge in [0.15, 0.2) is 0 Å². The van der Waals surface area contributed by atoms with Crippen LogP contribution in [0.4, 0.5) is 0 Å². The van der Waals surface area contributed by atoms with E-state index in [1.165, 1.54) is 37.9 Å². The molecule has 4 aromatic rings. The molecular formula is C24H25NO2. The fraction of sp³-hybridized carbons (Fsp3) is 0.250. The molecule has 3 heteroatoms. The molecule has 138 valence electrons. The lowest BCUT2D eigenvalue weighted by Crippen LogP contribution is -2.42. The van der Waals surface area contributed by atoms with Crippen LogP contribution in [0.3, 0.4) is 0 Å². The first-order valence-corrected chi connectivity index (χ1v) is 9.41. The van der Waals surface area contributed by atoms with E-state index >= 15 is 0 Å². The molecule has 0 aliphatic heterocycles. The lowest BCUT2D eigenvalue weighted by molar-refractivity contribution is 0.0353. The van der Waals surface area contributed by atoms with Crippen molar-refractivity contribution in [3.05, 3.63) is 72.3 Å². The lowest BCUT2D eigenvalue weighted by atomic mass is 9.93. The van der Waals surface area contributed by atoms with Gasteiger partial charge >= 0.3 is 0 Å². The van der Waals surface area contributed by atoms with Crippen molar-refractivity contribution in [3.8, 4) is 0 Å². The Bertz CT molecular complexity index is 1100. The first kappa shape index (κ1) is 17.9. The number of rotatable bonds is 5. The summed E-state index contributed by atoms with van der Waals surface area (Å²) < 4.78 is 0. The predicted octanol–water partition coefficient (Wildman–Crippen LogP) is 4.32. The standard InChI is InChI=1S/C24H25NO2/c1-16(27)24(15-26)25(2)14-18-13-23-19-8-4-3-7-17(19)11-12-22(23)21-10-6-5-9-20(18)21/h3-13,16,24,26-27H,14-15H2,1-2H3. The molecule has 4 rings (SSSR count). The minimum atomic E-state index is -0.590. The fourth-order valence-electron chi connectivity index (χ4n) is 4.11. The van der Waals surface area contributed by atoms with Crippen molar-refractivity contribution in [2.45, 2.75) is 25.6 Å². The van der Waals surface area contributed by atoms with Crippen molar-refractivity contribution in [1.82, 2.24) is 4.90 Å². The number of benzene rings is 4. The van der Waals surface area contributed by atoms with Crippen molar-refractivity contribution in [1.29, 1.82) is 0 Å². The highest BCUT2D eigenvalue weighted by Crippen LogP contribution is 2.34. The van der Waals surface area contributed by atoms with E-state index in [2.05, 4.69) is 66.7 Å². The van der Waals surface area contributed by atoms with E-state index in [1.54, 1.807) is 6.92 Å². The SMILES string of the molecule is CC(O)C(CO)N(C)Cc1cc2c3ccccc3ccc2c2ccccc12. The van der Waals surface area contributed by atoms with Crippen LogP contribution >= 0.6 is 0 Å². The highest BCUT2D eigenvalue weighted by Gasteiger charge is 2.20. The molecule has 0 saturated carbocycles. The predicted molar refractivity (Wildman–Crippen MR) is 113 cm³/mol. The van der Waals surface area contributed by atoms with Gasteiger partial charge < -0.3 is 10.2 Å². The van der Waals surface area contributed by atoms with Crippen LogP contribution in [0.15, 0.2) is 66.7 Å². The maximum absolute atomic E-state index is 9.99. The van der Waals surface area contributed by atoms with Gasteiger partial charge in [-0.15, -0.1) is 0 Å².